The molecule has 0 atom stereocenters. The van der Waals surface area contributed by atoms with Crippen molar-refractivity contribution in [1.29, 1.82) is 0 Å². The molecular formula is C18H24BrIN4OS. The van der Waals surface area contributed by atoms with Gasteiger partial charge in [-0.15, -0.1) is 35.3 Å². The summed E-state index contributed by atoms with van der Waals surface area (Å²) in [6.45, 7) is 1.48. The van der Waals surface area contributed by atoms with Crippen molar-refractivity contribution in [3.05, 3.63) is 56.2 Å². The Morgan fingerprint density at radius 3 is 2.65 bits per heavy atom. The van der Waals surface area contributed by atoms with E-state index in [1.807, 2.05) is 24.3 Å². The van der Waals surface area contributed by atoms with Crippen LogP contribution in [0.3, 0.4) is 0 Å². The summed E-state index contributed by atoms with van der Waals surface area (Å²) < 4.78 is 1.10. The lowest BCUT2D eigenvalue weighted by Crippen LogP contribution is -2.37. The van der Waals surface area contributed by atoms with Gasteiger partial charge in [-0.05, 0) is 46.1 Å². The molecule has 0 fully saturated rings. The molecule has 26 heavy (non-hydrogen) atoms. The first-order valence-electron chi connectivity index (χ1n) is 7.97. The number of carbonyl (C=O) groups excluding carboxylic acids is 1. The van der Waals surface area contributed by atoms with E-state index >= 15 is 0 Å². The van der Waals surface area contributed by atoms with Crippen LogP contribution in [-0.2, 0) is 13.0 Å². The lowest BCUT2D eigenvalue weighted by Gasteiger charge is -2.13. The monoisotopic (exact) mass is 550 g/mol. The molecule has 0 aliphatic rings. The SMILES string of the molecule is CN=C(NCCc1cccc(C(=O)N(C)C)c1)NCc1cc(Br)cs1.I. The van der Waals surface area contributed by atoms with Crippen LogP contribution < -0.4 is 10.6 Å². The third-order valence-electron chi connectivity index (χ3n) is 3.56. The first-order valence-corrected chi connectivity index (χ1v) is 9.65. The number of hydrogen-bond acceptors (Lipinski definition) is 3. The summed E-state index contributed by atoms with van der Waals surface area (Å²) in [4.78, 5) is 19.1. The van der Waals surface area contributed by atoms with Gasteiger partial charge in [-0.2, -0.15) is 0 Å². The zero-order valence-corrected chi connectivity index (χ0v) is 19.8. The molecule has 1 amide bonds. The van der Waals surface area contributed by atoms with Gasteiger partial charge >= 0.3 is 0 Å². The molecule has 8 heteroatoms. The third kappa shape index (κ3) is 7.24. The fourth-order valence-corrected chi connectivity index (χ4v) is 3.67. The molecule has 1 aromatic carbocycles. The van der Waals surface area contributed by atoms with Crippen molar-refractivity contribution in [1.82, 2.24) is 15.5 Å². The molecule has 142 valence electrons. The maximum absolute atomic E-state index is 12.0. The highest BCUT2D eigenvalue weighted by Gasteiger charge is 2.08. The minimum Gasteiger partial charge on any atom is -0.356 e. The van der Waals surface area contributed by atoms with Crippen LogP contribution in [0.15, 0.2) is 45.2 Å². The second-order valence-electron chi connectivity index (χ2n) is 5.73. The van der Waals surface area contributed by atoms with Gasteiger partial charge in [-0.25, -0.2) is 0 Å². The summed E-state index contributed by atoms with van der Waals surface area (Å²) >= 11 is 5.16. The number of guanidine groups is 1. The maximum Gasteiger partial charge on any atom is 0.253 e. The first kappa shape index (κ1) is 22.9. The van der Waals surface area contributed by atoms with E-state index in [0.29, 0.717) is 5.56 Å². The fraction of sp³-hybridized carbons (Fsp3) is 0.333. The largest absolute Gasteiger partial charge is 0.356 e. The molecule has 0 aliphatic carbocycles. The van der Waals surface area contributed by atoms with Crippen LogP contribution in [0.4, 0.5) is 0 Å². The van der Waals surface area contributed by atoms with Crippen LogP contribution in [0.5, 0.6) is 0 Å². The highest BCUT2D eigenvalue weighted by atomic mass is 127. The normalized spacial score (nSPS) is 10.8. The van der Waals surface area contributed by atoms with Crippen molar-refractivity contribution in [2.75, 3.05) is 27.7 Å². The van der Waals surface area contributed by atoms with Crippen LogP contribution in [0.25, 0.3) is 0 Å². The second kappa shape index (κ2) is 11.6. The van der Waals surface area contributed by atoms with E-state index in [0.717, 1.165) is 35.5 Å². The van der Waals surface area contributed by atoms with E-state index in [-0.39, 0.29) is 29.9 Å². The zero-order valence-electron chi connectivity index (χ0n) is 15.1. The topological polar surface area (TPSA) is 56.7 Å². The molecule has 0 bridgehead atoms. The predicted molar refractivity (Wildman–Crippen MR) is 124 cm³/mol. The number of aliphatic imine (C=N–C) groups is 1. The van der Waals surface area contributed by atoms with E-state index < -0.39 is 0 Å². The van der Waals surface area contributed by atoms with Gasteiger partial charge in [0.2, 0.25) is 0 Å². The Morgan fingerprint density at radius 2 is 2.04 bits per heavy atom. The second-order valence-corrected chi connectivity index (χ2v) is 7.65. The van der Waals surface area contributed by atoms with Gasteiger partial charge < -0.3 is 15.5 Å². The average Bonchev–Trinajstić information content (AvgIpc) is 3.02. The van der Waals surface area contributed by atoms with Crippen LogP contribution in [0.2, 0.25) is 0 Å². The molecule has 2 aromatic rings. The Hall–Kier alpha value is -1.13. The number of hydrogen-bond donors (Lipinski definition) is 2. The molecule has 0 saturated heterocycles. The fourth-order valence-electron chi connectivity index (χ4n) is 2.28. The standard InChI is InChI=1S/C18H23BrN4OS.HI/c1-20-18(22-11-16-10-15(19)12-25-16)21-8-7-13-5-4-6-14(9-13)17(24)23(2)3;/h4-6,9-10,12H,7-8,11H2,1-3H3,(H2,20,21,22);1H. The Balaban J connectivity index is 0.00000338. The van der Waals surface area contributed by atoms with Crippen molar-refractivity contribution >= 4 is 63.1 Å². The van der Waals surface area contributed by atoms with Gasteiger partial charge in [0, 0.05) is 48.0 Å². The Kier molecular flexibility index (Phi) is 10.2. The zero-order chi connectivity index (χ0) is 18.2. The Morgan fingerprint density at radius 1 is 1.27 bits per heavy atom. The Labute approximate surface area is 184 Å². The van der Waals surface area contributed by atoms with E-state index in [1.165, 1.54) is 4.88 Å². The summed E-state index contributed by atoms with van der Waals surface area (Å²) in [5.41, 5.74) is 1.84. The van der Waals surface area contributed by atoms with Gasteiger partial charge in [-0.3, -0.25) is 9.79 Å². The highest BCUT2D eigenvalue weighted by Crippen LogP contribution is 2.19. The van der Waals surface area contributed by atoms with E-state index in [1.54, 1.807) is 37.4 Å². The lowest BCUT2D eigenvalue weighted by molar-refractivity contribution is 0.0827. The molecule has 0 unspecified atom stereocenters. The lowest BCUT2D eigenvalue weighted by atomic mass is 10.1. The van der Waals surface area contributed by atoms with Crippen LogP contribution in [0, 0.1) is 0 Å². The minimum absolute atomic E-state index is 0. The minimum atomic E-state index is 0. The van der Waals surface area contributed by atoms with Gasteiger partial charge in [0.15, 0.2) is 5.96 Å². The number of benzene rings is 1. The molecule has 0 aliphatic heterocycles. The average molecular weight is 551 g/mol. The molecule has 2 rings (SSSR count). The van der Waals surface area contributed by atoms with Crippen LogP contribution in [0.1, 0.15) is 20.8 Å². The molecule has 0 radical (unpaired) electrons. The number of thiophene rings is 1. The number of carbonyl (C=O) groups is 1. The van der Waals surface area contributed by atoms with Crippen molar-refractivity contribution in [3.63, 3.8) is 0 Å². The quantitative estimate of drug-likeness (QED) is 0.327. The maximum atomic E-state index is 12.0. The number of nitrogens with one attached hydrogen (secondary N) is 2. The van der Waals surface area contributed by atoms with Crippen LogP contribution >= 0.6 is 51.2 Å². The smallest absolute Gasteiger partial charge is 0.253 e. The number of amides is 1. The first-order chi connectivity index (χ1) is 12.0. The van der Waals surface area contributed by atoms with Crippen molar-refractivity contribution in [2.45, 2.75) is 13.0 Å². The number of halogens is 2. The van der Waals surface area contributed by atoms with Gasteiger partial charge in [0.25, 0.3) is 5.91 Å². The van der Waals surface area contributed by atoms with E-state index in [2.05, 4.69) is 43.0 Å². The number of nitrogens with zero attached hydrogens (tertiary/aromatic N) is 2. The number of rotatable bonds is 6. The summed E-state index contributed by atoms with van der Waals surface area (Å²) in [5.74, 6) is 0.791. The highest BCUT2D eigenvalue weighted by molar-refractivity contribution is 14.0. The Bertz CT molecular complexity index is 748. The summed E-state index contributed by atoms with van der Waals surface area (Å²) in [6, 6.07) is 9.85. The molecule has 0 spiro atoms. The van der Waals surface area contributed by atoms with Crippen molar-refractivity contribution in [2.24, 2.45) is 4.99 Å². The predicted octanol–water partition coefficient (Wildman–Crippen LogP) is 3.74. The van der Waals surface area contributed by atoms with E-state index in [9.17, 15) is 4.79 Å². The van der Waals surface area contributed by atoms with Crippen molar-refractivity contribution < 1.29 is 4.79 Å². The molecular weight excluding hydrogens is 527 g/mol. The van der Waals surface area contributed by atoms with Gasteiger partial charge in [0.1, 0.15) is 0 Å². The van der Waals surface area contributed by atoms with Crippen LogP contribution in [-0.4, -0.2) is 44.5 Å². The van der Waals surface area contributed by atoms with Gasteiger partial charge in [0.05, 0.1) is 6.54 Å². The summed E-state index contributed by atoms with van der Waals surface area (Å²) in [6.07, 6.45) is 0.819. The van der Waals surface area contributed by atoms with E-state index in [4.69, 9.17) is 0 Å². The summed E-state index contributed by atoms with van der Waals surface area (Å²) in [5, 5.41) is 8.67. The molecule has 0 saturated carbocycles. The van der Waals surface area contributed by atoms with Gasteiger partial charge in [-0.1, -0.05) is 12.1 Å². The molecule has 2 N–H and O–H groups in total. The molecule has 1 aromatic heterocycles. The molecule has 5 nitrogen and oxygen atoms in total. The molecule has 1 heterocycles. The summed E-state index contributed by atoms with van der Waals surface area (Å²) in [7, 11) is 5.28. The third-order valence-corrected chi connectivity index (χ3v) is 5.26. The van der Waals surface area contributed by atoms with Crippen molar-refractivity contribution in [3.8, 4) is 0 Å².